The van der Waals surface area contributed by atoms with E-state index in [1.807, 2.05) is 67.1 Å². The molecular formula is C25H22N8O. The van der Waals surface area contributed by atoms with Gasteiger partial charge < -0.3 is 9.88 Å². The molecule has 1 amide bonds. The van der Waals surface area contributed by atoms with Crippen LogP contribution in [0.5, 0.6) is 0 Å². The molecule has 0 atom stereocenters. The first-order valence-corrected chi connectivity index (χ1v) is 11.2. The van der Waals surface area contributed by atoms with Gasteiger partial charge >= 0.3 is 0 Å². The van der Waals surface area contributed by atoms with Crippen LogP contribution in [0.15, 0.2) is 61.1 Å². The van der Waals surface area contributed by atoms with Gasteiger partial charge in [0.05, 0.1) is 16.6 Å². The Kier molecular flexibility index (Phi) is 4.68. The van der Waals surface area contributed by atoms with E-state index in [2.05, 4.69) is 25.6 Å². The molecular weight excluding hydrogens is 428 g/mol. The van der Waals surface area contributed by atoms with Crippen molar-refractivity contribution < 1.29 is 4.79 Å². The number of aryl methyl sites for hydroxylation is 2. The van der Waals surface area contributed by atoms with Gasteiger partial charge in [-0.15, -0.1) is 10.2 Å². The predicted molar refractivity (Wildman–Crippen MR) is 128 cm³/mol. The minimum absolute atomic E-state index is 0.201. The Bertz CT molecular complexity index is 1530. The van der Waals surface area contributed by atoms with Crippen LogP contribution in [0.25, 0.3) is 28.2 Å². The van der Waals surface area contributed by atoms with Crippen LogP contribution < -0.4 is 5.32 Å². The maximum Gasteiger partial charge on any atom is 0.256 e. The summed E-state index contributed by atoms with van der Waals surface area (Å²) in [7, 11) is 1.88. The van der Waals surface area contributed by atoms with Crippen molar-refractivity contribution in [2.75, 3.05) is 5.32 Å². The standard InChI is InChI=1S/C25H22N8O/c1-15-22-19(25(34)28-18-7-5-6-17(12-18)23-30-27-14-32(23)2)13-20(16-9-10-16)29-24(22)33(31-15)21-8-3-4-11-26-21/h3-8,11-14,16H,9-10H2,1-2H3,(H,28,34). The van der Waals surface area contributed by atoms with Gasteiger partial charge in [0, 0.05) is 36.1 Å². The second-order valence-electron chi connectivity index (χ2n) is 8.55. The average molecular weight is 451 g/mol. The third kappa shape index (κ3) is 3.51. The number of hydrogen-bond donors (Lipinski definition) is 1. The lowest BCUT2D eigenvalue weighted by atomic mass is 10.1. The highest BCUT2D eigenvalue weighted by molar-refractivity contribution is 6.13. The summed E-state index contributed by atoms with van der Waals surface area (Å²) in [4.78, 5) is 22.9. The molecule has 1 N–H and O–H groups in total. The van der Waals surface area contributed by atoms with Gasteiger partial charge in [-0.05, 0) is 50.1 Å². The molecule has 5 aromatic rings. The van der Waals surface area contributed by atoms with Crippen molar-refractivity contribution in [2.24, 2.45) is 7.05 Å². The summed E-state index contributed by atoms with van der Waals surface area (Å²) < 4.78 is 3.56. The molecule has 1 aliphatic carbocycles. The Morgan fingerprint density at radius 3 is 2.74 bits per heavy atom. The summed E-state index contributed by atoms with van der Waals surface area (Å²) in [5, 5.41) is 16.6. The Labute approximate surface area is 195 Å². The van der Waals surface area contributed by atoms with E-state index < -0.39 is 0 Å². The fraction of sp³-hybridized carbons (Fsp3) is 0.200. The van der Waals surface area contributed by atoms with Crippen LogP contribution in [0.2, 0.25) is 0 Å². The van der Waals surface area contributed by atoms with Crippen LogP contribution in [-0.4, -0.2) is 40.4 Å². The molecule has 1 fully saturated rings. The molecule has 9 heteroatoms. The third-order valence-electron chi connectivity index (χ3n) is 6.03. The van der Waals surface area contributed by atoms with Crippen molar-refractivity contribution in [1.82, 2.24) is 34.5 Å². The molecule has 0 aliphatic heterocycles. The normalized spacial score (nSPS) is 13.4. The van der Waals surface area contributed by atoms with Crippen molar-refractivity contribution in [1.29, 1.82) is 0 Å². The smallest absolute Gasteiger partial charge is 0.256 e. The fourth-order valence-electron chi connectivity index (χ4n) is 4.19. The highest BCUT2D eigenvalue weighted by Gasteiger charge is 2.29. The number of amides is 1. The van der Waals surface area contributed by atoms with Crippen LogP contribution in [0.4, 0.5) is 5.69 Å². The molecule has 6 rings (SSSR count). The topological polar surface area (TPSA) is 103 Å². The number of nitrogens with one attached hydrogen (secondary N) is 1. The van der Waals surface area contributed by atoms with Crippen LogP contribution in [0.1, 0.15) is 40.5 Å². The molecule has 168 valence electrons. The van der Waals surface area contributed by atoms with Gasteiger partial charge in [-0.1, -0.05) is 18.2 Å². The number of hydrogen-bond acceptors (Lipinski definition) is 6. The number of pyridine rings is 2. The van der Waals surface area contributed by atoms with E-state index in [9.17, 15) is 4.79 Å². The molecule has 0 unspecified atom stereocenters. The van der Waals surface area contributed by atoms with Gasteiger partial charge in [-0.2, -0.15) is 9.78 Å². The number of fused-ring (bicyclic) bond motifs is 1. The molecule has 34 heavy (non-hydrogen) atoms. The zero-order chi connectivity index (χ0) is 23.2. The lowest BCUT2D eigenvalue weighted by molar-refractivity contribution is 0.102. The van der Waals surface area contributed by atoms with Gasteiger partial charge in [-0.25, -0.2) is 9.97 Å². The van der Waals surface area contributed by atoms with Crippen molar-refractivity contribution >= 4 is 22.6 Å². The third-order valence-corrected chi connectivity index (χ3v) is 6.03. The summed E-state index contributed by atoms with van der Waals surface area (Å²) in [6.45, 7) is 1.89. The molecule has 1 aliphatic rings. The molecule has 4 heterocycles. The minimum Gasteiger partial charge on any atom is -0.322 e. The Balaban J connectivity index is 1.43. The zero-order valence-corrected chi connectivity index (χ0v) is 18.8. The number of carbonyl (C=O) groups excluding carboxylic acids is 1. The molecule has 1 saturated carbocycles. The predicted octanol–water partition coefficient (Wildman–Crippen LogP) is 4.05. The van der Waals surface area contributed by atoms with Crippen molar-refractivity contribution in [2.45, 2.75) is 25.7 Å². The summed E-state index contributed by atoms with van der Waals surface area (Å²) in [6.07, 6.45) is 5.53. The van der Waals surface area contributed by atoms with Crippen molar-refractivity contribution in [3.8, 4) is 17.2 Å². The van der Waals surface area contributed by atoms with E-state index in [1.54, 1.807) is 17.2 Å². The van der Waals surface area contributed by atoms with E-state index in [0.29, 0.717) is 28.6 Å². The first kappa shape index (κ1) is 20.2. The van der Waals surface area contributed by atoms with E-state index in [0.717, 1.165) is 41.0 Å². The van der Waals surface area contributed by atoms with Gasteiger partial charge in [0.15, 0.2) is 17.3 Å². The highest BCUT2D eigenvalue weighted by Crippen LogP contribution is 2.40. The second-order valence-corrected chi connectivity index (χ2v) is 8.55. The van der Waals surface area contributed by atoms with Crippen LogP contribution in [0, 0.1) is 6.92 Å². The highest BCUT2D eigenvalue weighted by atomic mass is 16.1. The summed E-state index contributed by atoms with van der Waals surface area (Å²) in [5.74, 6) is 1.57. The van der Waals surface area contributed by atoms with Crippen LogP contribution in [-0.2, 0) is 7.05 Å². The minimum atomic E-state index is -0.201. The molecule has 0 radical (unpaired) electrons. The summed E-state index contributed by atoms with van der Waals surface area (Å²) >= 11 is 0. The Morgan fingerprint density at radius 2 is 2.00 bits per heavy atom. The number of anilines is 1. The van der Waals surface area contributed by atoms with Gasteiger partial charge in [0.25, 0.3) is 5.91 Å². The van der Waals surface area contributed by atoms with E-state index in [1.165, 1.54) is 0 Å². The summed E-state index contributed by atoms with van der Waals surface area (Å²) in [6, 6.07) is 15.2. The van der Waals surface area contributed by atoms with E-state index >= 15 is 0 Å². The van der Waals surface area contributed by atoms with E-state index in [4.69, 9.17) is 4.98 Å². The Morgan fingerprint density at radius 1 is 1.12 bits per heavy atom. The number of rotatable bonds is 5. The largest absolute Gasteiger partial charge is 0.322 e. The molecule has 4 aromatic heterocycles. The van der Waals surface area contributed by atoms with Crippen LogP contribution >= 0.6 is 0 Å². The second kappa shape index (κ2) is 7.87. The van der Waals surface area contributed by atoms with Crippen molar-refractivity contribution in [3.05, 3.63) is 78.0 Å². The first-order valence-electron chi connectivity index (χ1n) is 11.2. The number of benzene rings is 1. The summed E-state index contributed by atoms with van der Waals surface area (Å²) in [5.41, 5.74) is 4.42. The van der Waals surface area contributed by atoms with Crippen LogP contribution in [0.3, 0.4) is 0 Å². The molecule has 0 saturated heterocycles. The SMILES string of the molecule is Cc1nn(-c2ccccn2)c2nc(C3CC3)cc(C(=O)Nc3cccc(-c4nncn4C)c3)c12. The quantitative estimate of drug-likeness (QED) is 0.433. The molecule has 9 nitrogen and oxygen atoms in total. The molecule has 1 aromatic carbocycles. The Hall–Kier alpha value is -4.40. The maximum atomic E-state index is 13.6. The molecule has 0 spiro atoms. The van der Waals surface area contributed by atoms with Gasteiger partial charge in [0.2, 0.25) is 0 Å². The average Bonchev–Trinajstić information content (AvgIpc) is 3.54. The lowest BCUT2D eigenvalue weighted by Crippen LogP contribution is -2.14. The number of carbonyl (C=O) groups is 1. The lowest BCUT2D eigenvalue weighted by Gasteiger charge is -2.10. The monoisotopic (exact) mass is 450 g/mol. The van der Waals surface area contributed by atoms with Gasteiger partial charge in [-0.3, -0.25) is 4.79 Å². The number of aromatic nitrogens is 7. The fourth-order valence-corrected chi connectivity index (χ4v) is 4.19. The van der Waals surface area contributed by atoms with E-state index in [-0.39, 0.29) is 5.91 Å². The number of nitrogens with zero attached hydrogens (tertiary/aromatic N) is 7. The van der Waals surface area contributed by atoms with Crippen molar-refractivity contribution in [3.63, 3.8) is 0 Å². The first-order chi connectivity index (χ1) is 16.6. The zero-order valence-electron chi connectivity index (χ0n) is 18.8. The molecule has 0 bridgehead atoms. The maximum absolute atomic E-state index is 13.6. The van der Waals surface area contributed by atoms with Gasteiger partial charge in [0.1, 0.15) is 6.33 Å².